The molecule has 2 fully saturated rings. The van der Waals surface area contributed by atoms with Gasteiger partial charge in [0, 0.05) is 22.3 Å². The fraction of sp³-hybridized carbons (Fsp3) is 0.474. The minimum atomic E-state index is -0.658. The van der Waals surface area contributed by atoms with Crippen LogP contribution >= 0.6 is 23.2 Å². The third-order valence-electron chi connectivity index (χ3n) is 4.98. The number of imide groups is 1. The number of carbonyl (C=O) groups excluding carboxylic acids is 4. The number of fused-ring (bicyclic) bond motifs is 1. The van der Waals surface area contributed by atoms with Crippen molar-refractivity contribution in [2.24, 2.45) is 11.8 Å². The van der Waals surface area contributed by atoms with Crippen molar-refractivity contribution in [2.45, 2.75) is 32.1 Å². The van der Waals surface area contributed by atoms with Gasteiger partial charge in [0.2, 0.25) is 11.8 Å². The van der Waals surface area contributed by atoms with Gasteiger partial charge in [-0.1, -0.05) is 36.0 Å². The van der Waals surface area contributed by atoms with Crippen LogP contribution < -0.4 is 5.32 Å². The lowest BCUT2D eigenvalue weighted by molar-refractivity contribution is -0.148. The molecule has 1 aromatic carbocycles. The number of likely N-dealkylation sites (tertiary alicyclic amines) is 1. The van der Waals surface area contributed by atoms with Crippen molar-refractivity contribution in [3.8, 4) is 0 Å². The van der Waals surface area contributed by atoms with Crippen LogP contribution in [0.5, 0.6) is 0 Å². The molecule has 3 rings (SSSR count). The molecule has 28 heavy (non-hydrogen) atoms. The number of nitrogens with one attached hydrogen (secondary N) is 1. The lowest BCUT2D eigenvalue weighted by Gasteiger charge is -2.19. The number of amides is 3. The van der Waals surface area contributed by atoms with Gasteiger partial charge in [0.1, 0.15) is 0 Å². The topological polar surface area (TPSA) is 92.8 Å². The van der Waals surface area contributed by atoms with Gasteiger partial charge in [0.25, 0.3) is 5.91 Å². The van der Waals surface area contributed by atoms with Gasteiger partial charge in [-0.05, 0) is 31.0 Å². The second-order valence-electron chi connectivity index (χ2n) is 6.94. The molecule has 0 aromatic heterocycles. The normalized spacial score (nSPS) is 21.4. The van der Waals surface area contributed by atoms with Crippen molar-refractivity contribution in [3.63, 3.8) is 0 Å². The highest BCUT2D eigenvalue weighted by Gasteiger charge is 2.47. The first-order valence-electron chi connectivity index (χ1n) is 9.12. The summed E-state index contributed by atoms with van der Waals surface area (Å²) < 4.78 is 4.92. The summed E-state index contributed by atoms with van der Waals surface area (Å²) in [7, 11) is 0. The molecule has 150 valence electrons. The Hall–Kier alpha value is -2.12. The molecule has 1 heterocycles. The molecular weight excluding hydrogens is 407 g/mol. The fourth-order valence-electron chi connectivity index (χ4n) is 3.70. The van der Waals surface area contributed by atoms with Crippen LogP contribution in [-0.2, 0) is 23.9 Å². The molecule has 2 atom stereocenters. The molecule has 0 radical (unpaired) electrons. The quantitative estimate of drug-likeness (QED) is 0.557. The molecule has 7 nitrogen and oxygen atoms in total. The van der Waals surface area contributed by atoms with Gasteiger partial charge in [0.05, 0.1) is 18.3 Å². The lowest BCUT2D eigenvalue weighted by atomic mass is 9.81. The Morgan fingerprint density at radius 3 is 2.18 bits per heavy atom. The largest absolute Gasteiger partial charge is 0.456 e. The summed E-state index contributed by atoms with van der Waals surface area (Å²) in [6.45, 7) is -0.509. The van der Waals surface area contributed by atoms with Crippen LogP contribution in [0.4, 0.5) is 5.69 Å². The Bertz CT molecular complexity index is 769. The maximum atomic E-state index is 12.4. The highest BCUT2D eigenvalue weighted by atomic mass is 35.5. The molecule has 1 N–H and O–H groups in total. The summed E-state index contributed by atoms with van der Waals surface area (Å²) in [6.07, 6.45) is 3.20. The summed E-state index contributed by atoms with van der Waals surface area (Å²) in [4.78, 5) is 49.7. The summed E-state index contributed by atoms with van der Waals surface area (Å²) in [5.41, 5.74) is 0.384. The number of carbonyl (C=O) groups is 4. The van der Waals surface area contributed by atoms with E-state index in [4.69, 9.17) is 27.9 Å². The maximum absolute atomic E-state index is 12.4. The number of benzene rings is 1. The van der Waals surface area contributed by atoms with Crippen molar-refractivity contribution in [1.82, 2.24) is 4.90 Å². The number of hydrogen-bond donors (Lipinski definition) is 1. The minimum Gasteiger partial charge on any atom is -0.456 e. The minimum absolute atomic E-state index is 0.0188. The molecule has 9 heteroatoms. The Kier molecular flexibility index (Phi) is 6.57. The summed E-state index contributed by atoms with van der Waals surface area (Å²) >= 11 is 11.7. The maximum Gasteiger partial charge on any atom is 0.308 e. The van der Waals surface area contributed by atoms with Gasteiger partial charge in [-0.25, -0.2) is 0 Å². The number of halogens is 2. The Labute approximate surface area is 172 Å². The van der Waals surface area contributed by atoms with Crippen LogP contribution in [0.25, 0.3) is 0 Å². The SMILES string of the molecule is O=C(COC(=O)CCN1C(=O)[C@H]2CCCC[C@H]2C1=O)Nc1cc(Cl)cc(Cl)c1. The van der Waals surface area contributed by atoms with Gasteiger partial charge < -0.3 is 10.1 Å². The third kappa shape index (κ3) is 4.83. The smallest absolute Gasteiger partial charge is 0.308 e. The fourth-order valence-corrected chi connectivity index (χ4v) is 4.22. The van der Waals surface area contributed by atoms with Crippen LogP contribution in [-0.4, -0.2) is 41.7 Å². The van der Waals surface area contributed by atoms with E-state index in [2.05, 4.69) is 5.32 Å². The highest BCUT2D eigenvalue weighted by Crippen LogP contribution is 2.37. The van der Waals surface area contributed by atoms with Crippen molar-refractivity contribution in [3.05, 3.63) is 28.2 Å². The molecule has 0 unspecified atom stereocenters. The molecule has 1 aliphatic heterocycles. The summed E-state index contributed by atoms with van der Waals surface area (Å²) in [5, 5.41) is 3.24. The van der Waals surface area contributed by atoms with Crippen LogP contribution in [0.15, 0.2) is 18.2 Å². The number of anilines is 1. The lowest BCUT2D eigenvalue weighted by Crippen LogP contribution is -2.33. The highest BCUT2D eigenvalue weighted by molar-refractivity contribution is 6.35. The Balaban J connectivity index is 1.43. The summed E-state index contributed by atoms with van der Waals surface area (Å²) in [5.74, 6) is -2.09. The molecule has 0 spiro atoms. The molecule has 0 bridgehead atoms. The molecular formula is C19H20Cl2N2O5. The van der Waals surface area contributed by atoms with Gasteiger partial charge in [-0.3, -0.25) is 24.1 Å². The zero-order valence-corrected chi connectivity index (χ0v) is 16.6. The van der Waals surface area contributed by atoms with Gasteiger partial charge in [-0.15, -0.1) is 0 Å². The van der Waals surface area contributed by atoms with Crippen LogP contribution in [0.1, 0.15) is 32.1 Å². The first-order chi connectivity index (χ1) is 13.3. The third-order valence-corrected chi connectivity index (χ3v) is 5.42. The standard InChI is InChI=1S/C19H20Cl2N2O5/c20-11-7-12(21)9-13(8-11)22-16(24)10-28-17(25)5-6-23-18(26)14-3-1-2-4-15(14)19(23)27/h7-9,14-15H,1-6,10H2,(H,22,24)/t14-,15+. The van der Waals surface area contributed by atoms with E-state index in [1.165, 1.54) is 18.2 Å². The predicted molar refractivity (Wildman–Crippen MR) is 103 cm³/mol. The van der Waals surface area contributed by atoms with Gasteiger partial charge >= 0.3 is 5.97 Å². The van der Waals surface area contributed by atoms with Crippen molar-refractivity contribution >= 4 is 52.6 Å². The van der Waals surface area contributed by atoms with E-state index in [1.807, 2.05) is 0 Å². The average Bonchev–Trinajstić information content (AvgIpc) is 2.88. The second-order valence-corrected chi connectivity index (χ2v) is 7.82. The number of nitrogens with zero attached hydrogens (tertiary/aromatic N) is 1. The number of ether oxygens (including phenoxy) is 1. The number of hydrogen-bond acceptors (Lipinski definition) is 5. The van der Waals surface area contributed by atoms with E-state index in [9.17, 15) is 19.2 Å². The number of rotatable bonds is 6. The van der Waals surface area contributed by atoms with Crippen LogP contribution in [0.2, 0.25) is 10.0 Å². The van der Waals surface area contributed by atoms with Crippen LogP contribution in [0.3, 0.4) is 0 Å². The number of esters is 1. The zero-order valence-electron chi connectivity index (χ0n) is 15.1. The molecule has 1 saturated carbocycles. The first kappa shape index (κ1) is 20.6. The first-order valence-corrected chi connectivity index (χ1v) is 9.87. The van der Waals surface area contributed by atoms with Gasteiger partial charge in [0.15, 0.2) is 6.61 Å². The average molecular weight is 427 g/mol. The molecule has 3 amide bonds. The molecule has 1 saturated heterocycles. The van der Waals surface area contributed by atoms with E-state index < -0.39 is 18.5 Å². The predicted octanol–water partition coefficient (Wildman–Crippen LogP) is 3.04. The molecule has 1 aliphatic carbocycles. The Morgan fingerprint density at radius 1 is 1.04 bits per heavy atom. The van der Waals surface area contributed by atoms with Crippen molar-refractivity contribution in [1.29, 1.82) is 0 Å². The molecule has 1 aromatic rings. The summed E-state index contributed by atoms with van der Waals surface area (Å²) in [6, 6.07) is 4.55. The Morgan fingerprint density at radius 2 is 1.61 bits per heavy atom. The van der Waals surface area contributed by atoms with Gasteiger partial charge in [-0.2, -0.15) is 0 Å². The van der Waals surface area contributed by atoms with E-state index in [0.717, 1.165) is 30.6 Å². The monoisotopic (exact) mass is 426 g/mol. The second kappa shape index (κ2) is 8.92. The van der Waals surface area contributed by atoms with E-state index >= 15 is 0 Å². The van der Waals surface area contributed by atoms with Crippen molar-refractivity contribution in [2.75, 3.05) is 18.5 Å². The zero-order chi connectivity index (χ0) is 20.3. The van der Waals surface area contributed by atoms with E-state index in [-0.39, 0.29) is 36.6 Å². The van der Waals surface area contributed by atoms with E-state index in [0.29, 0.717) is 15.7 Å². The van der Waals surface area contributed by atoms with E-state index in [1.54, 1.807) is 0 Å². The molecule has 2 aliphatic rings. The van der Waals surface area contributed by atoms with Crippen molar-refractivity contribution < 1.29 is 23.9 Å². The van der Waals surface area contributed by atoms with Crippen LogP contribution in [0, 0.1) is 11.8 Å².